The van der Waals surface area contributed by atoms with Crippen molar-refractivity contribution in [2.24, 2.45) is 0 Å². The molecular formula is C5H8N4O. The molecule has 54 valence electrons. The lowest BCUT2D eigenvalue weighted by atomic mass is 10.5. The molecular weight excluding hydrogens is 132 g/mol. The molecule has 0 unspecified atom stereocenters. The minimum atomic E-state index is -0.247. The van der Waals surface area contributed by atoms with Gasteiger partial charge in [-0.05, 0) is 6.92 Å². The molecule has 2 N–H and O–H groups in total. The fourth-order valence-corrected chi connectivity index (χ4v) is 0.558. The van der Waals surface area contributed by atoms with Crippen LogP contribution in [0.5, 0.6) is 0 Å². The van der Waals surface area contributed by atoms with E-state index in [1.165, 1.54) is 6.33 Å². The van der Waals surface area contributed by atoms with Crippen LogP contribution in [0.2, 0.25) is 0 Å². The van der Waals surface area contributed by atoms with Gasteiger partial charge in [0, 0.05) is 6.54 Å². The zero-order valence-electron chi connectivity index (χ0n) is 5.59. The maximum atomic E-state index is 10.8. The van der Waals surface area contributed by atoms with Gasteiger partial charge in [0.25, 0.3) is 5.91 Å². The summed E-state index contributed by atoms with van der Waals surface area (Å²) in [4.78, 5) is 14.5. The average Bonchev–Trinajstić information content (AvgIpc) is 2.38. The molecule has 0 aliphatic rings. The van der Waals surface area contributed by atoms with Gasteiger partial charge in [0.05, 0.1) is 0 Å². The maximum absolute atomic E-state index is 10.8. The van der Waals surface area contributed by atoms with Crippen molar-refractivity contribution in [3.05, 3.63) is 12.2 Å². The topological polar surface area (TPSA) is 70.7 Å². The van der Waals surface area contributed by atoms with E-state index in [4.69, 9.17) is 0 Å². The number of aromatic amines is 1. The summed E-state index contributed by atoms with van der Waals surface area (Å²) in [5.74, 6) is -0.0643. The van der Waals surface area contributed by atoms with Crippen molar-refractivity contribution in [2.45, 2.75) is 6.92 Å². The number of carbonyl (C=O) groups is 1. The molecule has 1 aromatic heterocycles. The van der Waals surface area contributed by atoms with Crippen molar-refractivity contribution in [1.29, 1.82) is 0 Å². The Morgan fingerprint density at radius 1 is 1.90 bits per heavy atom. The molecule has 0 radical (unpaired) electrons. The normalized spacial score (nSPS) is 9.30. The van der Waals surface area contributed by atoms with Crippen molar-refractivity contribution in [1.82, 2.24) is 20.5 Å². The van der Waals surface area contributed by atoms with Crippen LogP contribution >= 0.6 is 0 Å². The molecule has 0 aliphatic carbocycles. The Morgan fingerprint density at radius 3 is 3.20 bits per heavy atom. The number of amides is 1. The van der Waals surface area contributed by atoms with Gasteiger partial charge in [0.2, 0.25) is 5.82 Å². The molecule has 0 bridgehead atoms. The van der Waals surface area contributed by atoms with E-state index in [9.17, 15) is 4.79 Å². The Bertz CT molecular complexity index is 205. The fraction of sp³-hybridized carbons (Fsp3) is 0.400. The Morgan fingerprint density at radius 2 is 2.70 bits per heavy atom. The number of hydrogen-bond acceptors (Lipinski definition) is 3. The number of aromatic nitrogens is 3. The smallest absolute Gasteiger partial charge is 0.290 e. The van der Waals surface area contributed by atoms with Crippen molar-refractivity contribution in [2.75, 3.05) is 6.54 Å². The zero-order chi connectivity index (χ0) is 7.40. The highest BCUT2D eigenvalue weighted by Gasteiger charge is 2.05. The number of H-pyrrole nitrogens is 1. The first-order chi connectivity index (χ1) is 4.84. The second-order valence-corrected chi connectivity index (χ2v) is 1.68. The highest BCUT2D eigenvalue weighted by Crippen LogP contribution is 1.82. The average molecular weight is 140 g/mol. The van der Waals surface area contributed by atoms with Crippen LogP contribution in [-0.4, -0.2) is 27.6 Å². The summed E-state index contributed by atoms with van der Waals surface area (Å²) < 4.78 is 0. The van der Waals surface area contributed by atoms with Gasteiger partial charge in [-0.1, -0.05) is 0 Å². The van der Waals surface area contributed by atoms with Crippen LogP contribution in [0.3, 0.4) is 0 Å². The van der Waals surface area contributed by atoms with Crippen LogP contribution in [0.4, 0.5) is 0 Å². The summed E-state index contributed by atoms with van der Waals surface area (Å²) in [6.45, 7) is 2.43. The molecule has 1 heterocycles. The lowest BCUT2D eigenvalue weighted by Crippen LogP contribution is -2.23. The minimum absolute atomic E-state index is 0.182. The summed E-state index contributed by atoms with van der Waals surface area (Å²) in [6.07, 6.45) is 1.37. The summed E-state index contributed by atoms with van der Waals surface area (Å²) in [6, 6.07) is 0. The second kappa shape index (κ2) is 2.95. The van der Waals surface area contributed by atoms with Gasteiger partial charge in [-0.2, -0.15) is 0 Å². The molecule has 5 heteroatoms. The Hall–Kier alpha value is -1.39. The highest BCUT2D eigenvalue weighted by atomic mass is 16.2. The lowest BCUT2D eigenvalue weighted by Gasteiger charge is -1.93. The van der Waals surface area contributed by atoms with Crippen LogP contribution in [0.1, 0.15) is 17.5 Å². The maximum Gasteiger partial charge on any atom is 0.290 e. The Balaban J connectivity index is 2.59. The first kappa shape index (κ1) is 6.73. The molecule has 0 saturated heterocycles. The molecule has 0 saturated carbocycles. The number of hydrogen-bond donors (Lipinski definition) is 2. The lowest BCUT2D eigenvalue weighted by molar-refractivity contribution is 0.0946. The SMILES string of the molecule is CCNC(=O)c1nc[nH]n1. The number of nitrogens with zero attached hydrogens (tertiary/aromatic N) is 2. The monoisotopic (exact) mass is 140 g/mol. The van der Waals surface area contributed by atoms with Crippen molar-refractivity contribution >= 4 is 5.91 Å². The van der Waals surface area contributed by atoms with E-state index in [0.717, 1.165) is 0 Å². The predicted molar refractivity (Wildman–Crippen MR) is 34.4 cm³/mol. The van der Waals surface area contributed by atoms with Crippen LogP contribution in [0.25, 0.3) is 0 Å². The van der Waals surface area contributed by atoms with E-state index < -0.39 is 0 Å². The first-order valence-electron chi connectivity index (χ1n) is 2.98. The standard InChI is InChI=1S/C5H8N4O/c1-2-6-5(10)4-7-3-8-9-4/h3H,2H2,1H3,(H,6,10)(H,7,8,9). The highest BCUT2D eigenvalue weighted by molar-refractivity contribution is 5.90. The molecule has 10 heavy (non-hydrogen) atoms. The third-order valence-electron chi connectivity index (χ3n) is 0.955. The van der Waals surface area contributed by atoms with Crippen LogP contribution in [0.15, 0.2) is 6.33 Å². The number of carbonyl (C=O) groups excluding carboxylic acids is 1. The molecule has 0 atom stereocenters. The largest absolute Gasteiger partial charge is 0.350 e. The first-order valence-corrected chi connectivity index (χ1v) is 2.98. The van der Waals surface area contributed by atoms with E-state index in [2.05, 4.69) is 20.5 Å². The molecule has 1 aromatic rings. The van der Waals surface area contributed by atoms with Gasteiger partial charge in [-0.15, -0.1) is 5.10 Å². The van der Waals surface area contributed by atoms with Gasteiger partial charge in [-0.3, -0.25) is 9.89 Å². The van der Waals surface area contributed by atoms with Gasteiger partial charge in [0.1, 0.15) is 6.33 Å². The molecule has 0 fully saturated rings. The number of nitrogens with one attached hydrogen (secondary N) is 2. The third kappa shape index (κ3) is 1.31. The van der Waals surface area contributed by atoms with Crippen molar-refractivity contribution in [3.63, 3.8) is 0 Å². The van der Waals surface area contributed by atoms with Crippen LogP contribution < -0.4 is 5.32 Å². The van der Waals surface area contributed by atoms with Crippen molar-refractivity contribution in [3.8, 4) is 0 Å². The molecule has 0 aliphatic heterocycles. The van der Waals surface area contributed by atoms with Crippen LogP contribution in [-0.2, 0) is 0 Å². The summed E-state index contributed by atoms with van der Waals surface area (Å²) in [5.41, 5.74) is 0. The Labute approximate surface area is 57.9 Å². The van der Waals surface area contributed by atoms with E-state index in [1.807, 2.05) is 6.92 Å². The number of rotatable bonds is 2. The minimum Gasteiger partial charge on any atom is -0.350 e. The van der Waals surface area contributed by atoms with Crippen molar-refractivity contribution < 1.29 is 4.79 Å². The fourth-order valence-electron chi connectivity index (χ4n) is 0.558. The summed E-state index contributed by atoms with van der Waals surface area (Å²) >= 11 is 0. The molecule has 0 aromatic carbocycles. The zero-order valence-corrected chi connectivity index (χ0v) is 5.59. The van der Waals surface area contributed by atoms with Gasteiger partial charge >= 0.3 is 0 Å². The summed E-state index contributed by atoms with van der Waals surface area (Å²) in [7, 11) is 0. The summed E-state index contributed by atoms with van der Waals surface area (Å²) in [5, 5.41) is 8.60. The van der Waals surface area contributed by atoms with E-state index >= 15 is 0 Å². The van der Waals surface area contributed by atoms with Gasteiger partial charge < -0.3 is 5.32 Å². The third-order valence-corrected chi connectivity index (χ3v) is 0.955. The second-order valence-electron chi connectivity index (χ2n) is 1.68. The molecule has 1 amide bonds. The van der Waals surface area contributed by atoms with Gasteiger partial charge in [-0.25, -0.2) is 4.98 Å². The molecule has 5 nitrogen and oxygen atoms in total. The quantitative estimate of drug-likeness (QED) is 0.584. The molecule has 0 spiro atoms. The van der Waals surface area contributed by atoms with E-state index in [0.29, 0.717) is 6.54 Å². The van der Waals surface area contributed by atoms with E-state index in [-0.39, 0.29) is 11.7 Å². The molecule has 1 rings (SSSR count). The predicted octanol–water partition coefficient (Wildman–Crippen LogP) is -0.446. The Kier molecular flexibility index (Phi) is 1.99. The van der Waals surface area contributed by atoms with E-state index in [1.54, 1.807) is 0 Å². The van der Waals surface area contributed by atoms with Crippen LogP contribution in [0, 0.1) is 0 Å². The van der Waals surface area contributed by atoms with Gasteiger partial charge in [0.15, 0.2) is 0 Å².